The first-order valence-corrected chi connectivity index (χ1v) is 3.43. The highest BCUT2D eigenvalue weighted by Gasteiger charge is 2.08. The smallest absolute Gasteiger partial charge is 0.238 e. The van der Waals surface area contributed by atoms with Crippen molar-refractivity contribution in [2.45, 2.75) is 6.04 Å². The minimum atomic E-state index is -0.559. The molecule has 0 aliphatic rings. The average molecular weight is 158 g/mol. The number of hydrogen-bond donors (Lipinski definition) is 3. The van der Waals surface area contributed by atoms with Crippen molar-refractivity contribution in [3.63, 3.8) is 0 Å². The van der Waals surface area contributed by atoms with Crippen LogP contribution in [0.25, 0.3) is 0 Å². The molecule has 0 fully saturated rings. The Morgan fingerprint density at radius 2 is 2.50 bits per heavy atom. The van der Waals surface area contributed by atoms with Crippen molar-refractivity contribution in [2.75, 3.05) is 12.3 Å². The fourth-order valence-corrected chi connectivity index (χ4v) is 0.518. The lowest BCUT2D eigenvalue weighted by Gasteiger charge is -2.05. The van der Waals surface area contributed by atoms with Crippen LogP contribution in [-0.4, -0.2) is 24.2 Å². The number of amides is 1. The van der Waals surface area contributed by atoms with Gasteiger partial charge in [-0.3, -0.25) is 4.79 Å². The molecule has 0 bridgehead atoms. The highest BCUT2D eigenvalue weighted by atomic mass is 32.1. The summed E-state index contributed by atoms with van der Waals surface area (Å²) in [5.74, 6) is 2.34. The lowest BCUT2D eigenvalue weighted by atomic mass is 10.3. The molecule has 1 atom stereocenters. The molecule has 3 nitrogen and oxygen atoms in total. The molecule has 0 spiro atoms. The number of carbonyl (C=O) groups excluding carboxylic acids is 1. The second-order valence-electron chi connectivity index (χ2n) is 1.71. The maximum absolute atomic E-state index is 10.8. The fourth-order valence-electron chi connectivity index (χ4n) is 0.352. The van der Waals surface area contributed by atoms with Crippen LogP contribution in [0.1, 0.15) is 0 Å². The molecule has 4 heteroatoms. The van der Waals surface area contributed by atoms with Crippen LogP contribution >= 0.6 is 12.6 Å². The molecule has 0 saturated heterocycles. The third-order valence-corrected chi connectivity index (χ3v) is 1.29. The number of nitrogens with one attached hydrogen (secondary N) is 1. The summed E-state index contributed by atoms with van der Waals surface area (Å²) < 4.78 is 0. The maximum atomic E-state index is 10.8. The maximum Gasteiger partial charge on any atom is 0.238 e. The van der Waals surface area contributed by atoms with E-state index < -0.39 is 6.04 Å². The predicted molar refractivity (Wildman–Crippen MR) is 43.7 cm³/mol. The Kier molecular flexibility index (Phi) is 4.81. The van der Waals surface area contributed by atoms with Gasteiger partial charge in [0.2, 0.25) is 5.91 Å². The normalized spacial score (nSPS) is 11.7. The highest BCUT2D eigenvalue weighted by molar-refractivity contribution is 7.80. The highest BCUT2D eigenvalue weighted by Crippen LogP contribution is 1.81. The molecule has 0 radical (unpaired) electrons. The van der Waals surface area contributed by atoms with E-state index in [-0.39, 0.29) is 12.5 Å². The first-order chi connectivity index (χ1) is 4.72. The molecule has 0 saturated carbocycles. The number of rotatable bonds is 3. The molecule has 0 heterocycles. The molecule has 0 aromatic heterocycles. The summed E-state index contributed by atoms with van der Waals surface area (Å²) in [5.41, 5.74) is 5.30. The van der Waals surface area contributed by atoms with Gasteiger partial charge in [0.05, 0.1) is 12.6 Å². The third-order valence-electron chi connectivity index (χ3n) is 0.898. The van der Waals surface area contributed by atoms with Gasteiger partial charge in [0, 0.05) is 5.75 Å². The molecular weight excluding hydrogens is 148 g/mol. The molecule has 0 aromatic rings. The van der Waals surface area contributed by atoms with Crippen molar-refractivity contribution in [2.24, 2.45) is 5.73 Å². The standard InChI is InChI=1S/C6H10N2OS/c1-2-3-8-6(9)5(7)4-10/h1,5,10H,3-4,7H2,(H,8,9). The van der Waals surface area contributed by atoms with E-state index in [0.717, 1.165) is 0 Å². The minimum Gasteiger partial charge on any atom is -0.344 e. The second kappa shape index (κ2) is 5.15. The number of hydrogen-bond acceptors (Lipinski definition) is 3. The number of carbonyl (C=O) groups is 1. The Morgan fingerprint density at radius 1 is 1.90 bits per heavy atom. The van der Waals surface area contributed by atoms with Crippen LogP contribution < -0.4 is 11.1 Å². The molecule has 1 amide bonds. The van der Waals surface area contributed by atoms with E-state index in [4.69, 9.17) is 12.2 Å². The Morgan fingerprint density at radius 3 is 2.90 bits per heavy atom. The summed E-state index contributed by atoms with van der Waals surface area (Å²) in [6.45, 7) is 0.223. The molecule has 56 valence electrons. The van der Waals surface area contributed by atoms with E-state index >= 15 is 0 Å². The quantitative estimate of drug-likeness (QED) is 0.364. The van der Waals surface area contributed by atoms with Crippen molar-refractivity contribution in [1.82, 2.24) is 5.32 Å². The van der Waals surface area contributed by atoms with Crippen LogP contribution in [0.2, 0.25) is 0 Å². The van der Waals surface area contributed by atoms with E-state index in [9.17, 15) is 4.79 Å². The predicted octanol–water partition coefficient (Wildman–Crippen LogP) is -1.01. The van der Waals surface area contributed by atoms with Crippen molar-refractivity contribution < 1.29 is 4.79 Å². The Bertz CT molecular complexity index is 152. The van der Waals surface area contributed by atoms with Gasteiger partial charge in [-0.2, -0.15) is 12.6 Å². The lowest BCUT2D eigenvalue weighted by molar-refractivity contribution is -0.121. The van der Waals surface area contributed by atoms with Gasteiger partial charge in [-0.15, -0.1) is 6.42 Å². The van der Waals surface area contributed by atoms with Crippen molar-refractivity contribution in [3.8, 4) is 12.3 Å². The largest absolute Gasteiger partial charge is 0.344 e. The van der Waals surface area contributed by atoms with E-state index in [2.05, 4.69) is 23.9 Å². The summed E-state index contributed by atoms with van der Waals surface area (Å²) >= 11 is 3.84. The first kappa shape index (κ1) is 9.34. The van der Waals surface area contributed by atoms with Gasteiger partial charge in [0.15, 0.2) is 0 Å². The van der Waals surface area contributed by atoms with E-state index in [0.29, 0.717) is 5.75 Å². The molecule has 0 aromatic carbocycles. The minimum absolute atomic E-state index is 0.223. The van der Waals surface area contributed by atoms with Crippen LogP contribution in [0.15, 0.2) is 0 Å². The van der Waals surface area contributed by atoms with Crippen LogP contribution in [0.5, 0.6) is 0 Å². The molecule has 0 aliphatic carbocycles. The van der Waals surface area contributed by atoms with Crippen molar-refractivity contribution in [1.29, 1.82) is 0 Å². The summed E-state index contributed by atoms with van der Waals surface area (Å²) in [6, 6.07) is -0.559. The monoisotopic (exact) mass is 158 g/mol. The Hall–Kier alpha value is -0.660. The van der Waals surface area contributed by atoms with E-state index in [1.54, 1.807) is 0 Å². The number of nitrogens with two attached hydrogens (primary N) is 1. The zero-order valence-corrected chi connectivity index (χ0v) is 6.40. The van der Waals surface area contributed by atoms with Gasteiger partial charge in [-0.25, -0.2) is 0 Å². The number of thiol groups is 1. The van der Waals surface area contributed by atoms with Gasteiger partial charge >= 0.3 is 0 Å². The fraction of sp³-hybridized carbons (Fsp3) is 0.500. The van der Waals surface area contributed by atoms with Gasteiger partial charge in [-0.1, -0.05) is 5.92 Å². The molecule has 3 N–H and O–H groups in total. The van der Waals surface area contributed by atoms with E-state index in [1.807, 2.05) is 0 Å². The van der Waals surface area contributed by atoms with Gasteiger partial charge in [-0.05, 0) is 0 Å². The van der Waals surface area contributed by atoms with Crippen molar-refractivity contribution >= 4 is 18.5 Å². The summed E-state index contributed by atoms with van der Waals surface area (Å²) in [5, 5.41) is 2.43. The second-order valence-corrected chi connectivity index (χ2v) is 2.08. The third kappa shape index (κ3) is 3.38. The Balaban J connectivity index is 3.54. The summed E-state index contributed by atoms with van der Waals surface area (Å²) in [6.07, 6.45) is 4.89. The number of terminal acetylenes is 1. The zero-order chi connectivity index (χ0) is 7.98. The topological polar surface area (TPSA) is 55.1 Å². The van der Waals surface area contributed by atoms with Gasteiger partial charge < -0.3 is 11.1 Å². The van der Waals surface area contributed by atoms with Crippen LogP contribution in [0, 0.1) is 12.3 Å². The van der Waals surface area contributed by atoms with Gasteiger partial charge in [0.1, 0.15) is 0 Å². The molecule has 10 heavy (non-hydrogen) atoms. The SMILES string of the molecule is C#CCNC(=O)C(N)CS. The molecule has 1 unspecified atom stereocenters. The van der Waals surface area contributed by atoms with Gasteiger partial charge in [0.25, 0.3) is 0 Å². The average Bonchev–Trinajstić information content (AvgIpc) is 1.98. The van der Waals surface area contributed by atoms with Crippen LogP contribution in [-0.2, 0) is 4.79 Å². The Labute approximate surface area is 65.8 Å². The molecule has 0 rings (SSSR count). The summed E-state index contributed by atoms with van der Waals surface area (Å²) in [4.78, 5) is 10.8. The first-order valence-electron chi connectivity index (χ1n) is 2.80. The zero-order valence-electron chi connectivity index (χ0n) is 5.50. The van der Waals surface area contributed by atoms with E-state index in [1.165, 1.54) is 0 Å². The van der Waals surface area contributed by atoms with Crippen molar-refractivity contribution in [3.05, 3.63) is 0 Å². The van der Waals surface area contributed by atoms with Crippen LogP contribution in [0.4, 0.5) is 0 Å². The molecule has 0 aliphatic heterocycles. The lowest BCUT2D eigenvalue weighted by Crippen LogP contribution is -2.41. The molecular formula is C6H10N2OS. The van der Waals surface area contributed by atoms with Crippen LogP contribution in [0.3, 0.4) is 0 Å². The summed E-state index contributed by atoms with van der Waals surface area (Å²) in [7, 11) is 0.